The number of aromatic nitrogens is 1. The maximum absolute atomic E-state index is 12.5. The number of hydrogen-bond donors (Lipinski definition) is 3. The normalized spacial score (nSPS) is 11.1. The van der Waals surface area contributed by atoms with Crippen molar-refractivity contribution < 1.29 is 17.9 Å². The molecule has 0 radical (unpaired) electrons. The molecular weight excluding hydrogens is 368 g/mol. The first-order valence-corrected chi connectivity index (χ1v) is 9.94. The lowest BCUT2D eigenvalue weighted by Crippen LogP contribution is -2.42. The van der Waals surface area contributed by atoms with Gasteiger partial charge in [0.25, 0.3) is 10.0 Å². The Morgan fingerprint density at radius 1 is 1.26 bits per heavy atom. The van der Waals surface area contributed by atoms with Crippen LogP contribution in [-0.4, -0.2) is 39.1 Å². The summed E-state index contributed by atoms with van der Waals surface area (Å²) < 4.78 is 32.2. The molecule has 0 atom stereocenters. The average molecular weight is 392 g/mol. The van der Waals surface area contributed by atoms with Crippen LogP contribution in [0.15, 0.2) is 47.6 Å². The molecule has 0 aliphatic heterocycles. The lowest BCUT2D eigenvalue weighted by atomic mass is 10.1. The Kier molecular flexibility index (Phi) is 7.00. The van der Waals surface area contributed by atoms with Crippen molar-refractivity contribution >= 4 is 21.7 Å². The second-order valence-corrected chi connectivity index (χ2v) is 7.78. The number of carbonyl (C=O) groups excluding carboxylic acids is 1. The zero-order chi connectivity index (χ0) is 19.9. The number of amides is 2. The van der Waals surface area contributed by atoms with E-state index in [0.717, 1.165) is 11.3 Å². The van der Waals surface area contributed by atoms with Gasteiger partial charge in [0.1, 0.15) is 10.6 Å². The minimum atomic E-state index is -4.05. The van der Waals surface area contributed by atoms with Gasteiger partial charge in [-0.25, -0.2) is 17.9 Å². The van der Waals surface area contributed by atoms with Gasteiger partial charge in [0.05, 0.1) is 12.8 Å². The van der Waals surface area contributed by atoms with Gasteiger partial charge >= 0.3 is 6.03 Å². The van der Waals surface area contributed by atoms with Crippen molar-refractivity contribution in [3.63, 3.8) is 0 Å². The van der Waals surface area contributed by atoms with Gasteiger partial charge in [-0.15, -0.1) is 0 Å². The topological polar surface area (TPSA) is 109 Å². The second-order valence-electron chi connectivity index (χ2n) is 6.13. The minimum Gasteiger partial charge on any atom is -0.497 e. The number of benzene rings is 1. The molecule has 3 N–H and O–H groups in total. The molecule has 2 rings (SSSR count). The number of carbonyl (C=O) groups is 1. The predicted molar refractivity (Wildman–Crippen MR) is 103 cm³/mol. The van der Waals surface area contributed by atoms with E-state index in [0.29, 0.717) is 18.7 Å². The van der Waals surface area contributed by atoms with Crippen molar-refractivity contribution in [3.05, 3.63) is 48.3 Å². The summed E-state index contributed by atoms with van der Waals surface area (Å²) in [6.45, 7) is 3.97. The molecule has 0 aliphatic carbocycles. The molecule has 1 aromatic heterocycles. The highest BCUT2D eigenvalue weighted by Gasteiger charge is 2.21. The summed E-state index contributed by atoms with van der Waals surface area (Å²) >= 11 is 0. The average Bonchev–Trinajstić information content (AvgIpc) is 2.61. The zero-order valence-electron chi connectivity index (χ0n) is 15.5. The fraction of sp³-hybridized carbons (Fsp3) is 0.333. The molecule has 1 heterocycles. The quantitative estimate of drug-likeness (QED) is 0.635. The molecule has 0 fully saturated rings. The number of rotatable bonds is 8. The van der Waals surface area contributed by atoms with E-state index in [9.17, 15) is 13.2 Å². The number of sulfonamides is 1. The molecule has 1 aromatic carbocycles. The number of nitrogens with zero attached hydrogens (tertiary/aromatic N) is 1. The third-order valence-electron chi connectivity index (χ3n) is 3.58. The summed E-state index contributed by atoms with van der Waals surface area (Å²) in [4.78, 5) is 15.5. The van der Waals surface area contributed by atoms with E-state index in [1.807, 2.05) is 29.0 Å². The van der Waals surface area contributed by atoms with Crippen LogP contribution in [0.3, 0.4) is 0 Å². The summed E-state index contributed by atoms with van der Waals surface area (Å²) in [5, 5.41) is 5.57. The first-order valence-electron chi connectivity index (χ1n) is 8.46. The standard InChI is InChI=1S/C18H24N4O4S/c1-13(2)21-18(23)22-27(24,25)17-12-19-9-8-16(17)20-10-7-14-5-4-6-15(11-14)26-3/h4-6,8-9,11-13H,7,10H2,1-3H3,(H,19,20)(H2,21,22,23). The molecule has 2 aromatic rings. The Morgan fingerprint density at radius 2 is 2.04 bits per heavy atom. The third kappa shape index (κ3) is 6.14. The van der Waals surface area contributed by atoms with Crippen molar-refractivity contribution in [2.45, 2.75) is 31.2 Å². The van der Waals surface area contributed by atoms with E-state index in [2.05, 4.69) is 15.6 Å². The first kappa shape index (κ1) is 20.5. The SMILES string of the molecule is COc1cccc(CCNc2ccncc2S(=O)(=O)NC(=O)NC(C)C)c1. The van der Waals surface area contributed by atoms with Crippen LogP contribution in [0.5, 0.6) is 5.75 Å². The fourth-order valence-corrected chi connectivity index (χ4v) is 3.42. The van der Waals surface area contributed by atoms with Gasteiger partial charge in [-0.1, -0.05) is 12.1 Å². The zero-order valence-corrected chi connectivity index (χ0v) is 16.3. The lowest BCUT2D eigenvalue weighted by Gasteiger charge is -2.14. The summed E-state index contributed by atoms with van der Waals surface area (Å²) in [6.07, 6.45) is 3.36. The third-order valence-corrected chi connectivity index (χ3v) is 4.94. The smallest absolute Gasteiger partial charge is 0.328 e. The van der Waals surface area contributed by atoms with Crippen LogP contribution in [0.25, 0.3) is 0 Å². The van der Waals surface area contributed by atoms with Crippen LogP contribution in [-0.2, 0) is 16.4 Å². The molecule has 2 amide bonds. The highest BCUT2D eigenvalue weighted by Crippen LogP contribution is 2.20. The van der Waals surface area contributed by atoms with Crippen LogP contribution >= 0.6 is 0 Å². The van der Waals surface area contributed by atoms with E-state index in [1.165, 1.54) is 12.4 Å². The van der Waals surface area contributed by atoms with E-state index in [1.54, 1.807) is 27.0 Å². The predicted octanol–water partition coefficient (Wildman–Crippen LogP) is 2.14. The van der Waals surface area contributed by atoms with Gasteiger partial charge in [0.2, 0.25) is 0 Å². The number of anilines is 1. The summed E-state index contributed by atoms with van der Waals surface area (Å²) in [7, 11) is -2.44. The molecule has 8 nitrogen and oxygen atoms in total. The van der Waals surface area contributed by atoms with Crippen LogP contribution in [0, 0.1) is 0 Å². The number of urea groups is 1. The lowest BCUT2D eigenvalue weighted by molar-refractivity contribution is 0.243. The Hall–Kier alpha value is -2.81. The summed E-state index contributed by atoms with van der Waals surface area (Å²) in [5.74, 6) is 0.764. The Labute approximate surface area is 159 Å². The highest BCUT2D eigenvalue weighted by molar-refractivity contribution is 7.90. The maximum Gasteiger partial charge on any atom is 0.328 e. The molecule has 0 unspecified atom stereocenters. The van der Waals surface area contributed by atoms with Gasteiger partial charge < -0.3 is 15.4 Å². The van der Waals surface area contributed by atoms with Crippen LogP contribution < -0.4 is 20.1 Å². The molecule has 0 saturated heterocycles. The summed E-state index contributed by atoms with van der Waals surface area (Å²) in [6, 6.07) is 8.23. The first-order chi connectivity index (χ1) is 12.8. The Morgan fingerprint density at radius 3 is 2.74 bits per heavy atom. The number of pyridine rings is 1. The molecule has 146 valence electrons. The molecular formula is C18H24N4O4S. The fourth-order valence-electron chi connectivity index (χ4n) is 2.38. The van der Waals surface area contributed by atoms with Crippen molar-refractivity contribution in [3.8, 4) is 5.75 Å². The number of hydrogen-bond acceptors (Lipinski definition) is 6. The Balaban J connectivity index is 2.07. The van der Waals surface area contributed by atoms with Gasteiger partial charge in [-0.3, -0.25) is 4.98 Å². The van der Waals surface area contributed by atoms with E-state index < -0.39 is 16.1 Å². The monoisotopic (exact) mass is 392 g/mol. The van der Waals surface area contributed by atoms with Crippen LogP contribution in [0.1, 0.15) is 19.4 Å². The van der Waals surface area contributed by atoms with Gasteiger partial charge in [-0.05, 0) is 44.0 Å². The van der Waals surface area contributed by atoms with Gasteiger partial charge in [0, 0.05) is 25.0 Å². The molecule has 9 heteroatoms. The second kappa shape index (κ2) is 9.22. The van der Waals surface area contributed by atoms with E-state index in [-0.39, 0.29) is 10.9 Å². The number of nitrogens with one attached hydrogen (secondary N) is 3. The minimum absolute atomic E-state index is 0.0884. The van der Waals surface area contributed by atoms with E-state index in [4.69, 9.17) is 4.74 Å². The maximum atomic E-state index is 12.5. The molecule has 0 saturated carbocycles. The summed E-state index contributed by atoms with van der Waals surface area (Å²) in [5.41, 5.74) is 1.42. The van der Waals surface area contributed by atoms with Crippen LogP contribution in [0.4, 0.5) is 10.5 Å². The van der Waals surface area contributed by atoms with Crippen molar-refractivity contribution in [1.82, 2.24) is 15.0 Å². The Bertz CT molecular complexity index is 884. The van der Waals surface area contributed by atoms with Crippen molar-refractivity contribution in [2.24, 2.45) is 0 Å². The van der Waals surface area contributed by atoms with Crippen LogP contribution in [0.2, 0.25) is 0 Å². The molecule has 0 bridgehead atoms. The van der Waals surface area contributed by atoms with E-state index >= 15 is 0 Å². The van der Waals surface area contributed by atoms with Crippen molar-refractivity contribution in [1.29, 1.82) is 0 Å². The van der Waals surface area contributed by atoms with Gasteiger partial charge in [0.15, 0.2) is 0 Å². The number of ether oxygens (including phenoxy) is 1. The molecule has 0 spiro atoms. The highest BCUT2D eigenvalue weighted by atomic mass is 32.2. The molecule has 27 heavy (non-hydrogen) atoms. The largest absolute Gasteiger partial charge is 0.497 e. The van der Waals surface area contributed by atoms with Gasteiger partial charge in [-0.2, -0.15) is 0 Å². The van der Waals surface area contributed by atoms with Crippen molar-refractivity contribution in [2.75, 3.05) is 19.0 Å². The number of methoxy groups -OCH3 is 1. The molecule has 0 aliphatic rings.